The molecule has 4 aromatic rings. The Morgan fingerprint density at radius 2 is 1.43 bits per heavy atom. The Balaban J connectivity index is 1.85. The average molecular weight is 752 g/mol. The zero-order valence-corrected chi connectivity index (χ0v) is 28.1. The van der Waals surface area contributed by atoms with Crippen LogP contribution in [0.4, 0.5) is 32.0 Å². The second kappa shape index (κ2) is 14.4. The summed E-state index contributed by atoms with van der Waals surface area (Å²) in [5.41, 5.74) is -12.8. The van der Waals surface area contributed by atoms with Crippen molar-refractivity contribution in [2.75, 3.05) is 10.3 Å². The molecule has 0 saturated heterocycles. The van der Waals surface area contributed by atoms with Gasteiger partial charge in [-0.05, 0) is 49.1 Å². The van der Waals surface area contributed by atoms with Gasteiger partial charge in [0.2, 0.25) is 0 Å². The van der Waals surface area contributed by atoms with Gasteiger partial charge in [0, 0.05) is 17.5 Å². The van der Waals surface area contributed by atoms with Crippen molar-refractivity contribution < 1.29 is 52.7 Å². The summed E-state index contributed by atoms with van der Waals surface area (Å²) in [6, 6.07) is 15.7. The molecule has 9 nitrogen and oxygen atoms in total. The SMILES string of the molecule is CCCCc1nn(-c2ccccc2Cl)c(C(=O)OCC)c1Cc1ccc(-c2ccccc2N(S(=O)(=O)C(F)(F)F)S(=O)(=O)C(F)(F)F)cc1. The van der Waals surface area contributed by atoms with Crippen LogP contribution in [0.2, 0.25) is 5.02 Å². The molecule has 0 bridgehead atoms. The first-order chi connectivity index (χ1) is 22.9. The van der Waals surface area contributed by atoms with Crippen LogP contribution in [0.15, 0.2) is 72.8 Å². The number of sulfonamides is 2. The summed E-state index contributed by atoms with van der Waals surface area (Å²) in [7, 11) is -14.2. The fourth-order valence-corrected chi connectivity index (χ4v) is 7.86. The number of hydrogen-bond acceptors (Lipinski definition) is 7. The van der Waals surface area contributed by atoms with Crippen molar-refractivity contribution in [3.05, 3.63) is 100 Å². The fourth-order valence-electron chi connectivity index (χ4n) is 4.89. The maximum Gasteiger partial charge on any atom is 0.517 e. The molecule has 0 atom stereocenters. The number of carbonyl (C=O) groups excluding carboxylic acids is 1. The highest BCUT2D eigenvalue weighted by Gasteiger charge is 2.62. The van der Waals surface area contributed by atoms with E-state index in [0.29, 0.717) is 46.4 Å². The molecule has 4 rings (SSSR count). The van der Waals surface area contributed by atoms with E-state index in [0.717, 1.165) is 18.6 Å². The van der Waals surface area contributed by atoms with E-state index in [9.17, 15) is 48.0 Å². The summed E-state index contributed by atoms with van der Waals surface area (Å²) in [6.45, 7) is 3.65. The fraction of sp³-hybridized carbons (Fsp3) is 0.290. The average Bonchev–Trinajstić information content (AvgIpc) is 3.37. The van der Waals surface area contributed by atoms with Crippen LogP contribution in [-0.2, 0) is 37.6 Å². The van der Waals surface area contributed by atoms with Crippen molar-refractivity contribution in [1.29, 1.82) is 0 Å². The zero-order chi connectivity index (χ0) is 36.4. The van der Waals surface area contributed by atoms with Gasteiger partial charge in [0.25, 0.3) is 0 Å². The standard InChI is InChI=1S/C31H28ClF6N3O6S2/c1-3-5-12-25-23(28(29(42)47-4-2)40(39-25)27-14-9-7-11-24(27)32)19-20-15-17-21(18-16-20)22-10-6-8-13-26(22)41(48(43,44)30(33,34)35)49(45,46)31(36,37)38/h6-11,13-18H,3-5,12,19H2,1-2H3. The minimum absolute atomic E-state index is 0.0511. The van der Waals surface area contributed by atoms with Gasteiger partial charge in [0.15, 0.2) is 5.69 Å². The highest BCUT2D eigenvalue weighted by molar-refractivity contribution is 8.11. The van der Waals surface area contributed by atoms with E-state index in [1.54, 1.807) is 31.2 Å². The monoisotopic (exact) mass is 751 g/mol. The number of carbonyl (C=O) groups is 1. The van der Waals surface area contributed by atoms with E-state index >= 15 is 0 Å². The van der Waals surface area contributed by atoms with Gasteiger partial charge in [-0.25, -0.2) is 9.48 Å². The molecule has 0 aliphatic carbocycles. The van der Waals surface area contributed by atoms with Gasteiger partial charge >= 0.3 is 37.0 Å². The van der Waals surface area contributed by atoms with Crippen LogP contribution < -0.4 is 3.71 Å². The van der Waals surface area contributed by atoms with Crippen LogP contribution >= 0.6 is 11.6 Å². The molecular weight excluding hydrogens is 724 g/mol. The summed E-state index contributed by atoms with van der Waals surface area (Å²) in [5, 5.41) is 5.00. The van der Waals surface area contributed by atoms with E-state index < -0.39 is 52.0 Å². The molecule has 0 aliphatic rings. The number of hydrogen-bond donors (Lipinski definition) is 0. The third-order valence-corrected chi connectivity index (χ3v) is 11.1. The first-order valence-corrected chi connectivity index (χ1v) is 17.8. The van der Waals surface area contributed by atoms with Crippen molar-refractivity contribution in [1.82, 2.24) is 9.78 Å². The Hall–Kier alpha value is -4.09. The van der Waals surface area contributed by atoms with Gasteiger partial charge in [-0.2, -0.15) is 48.3 Å². The van der Waals surface area contributed by atoms with E-state index in [2.05, 4.69) is 5.10 Å². The predicted molar refractivity (Wildman–Crippen MR) is 170 cm³/mol. The molecule has 1 heterocycles. The Morgan fingerprint density at radius 3 is 1.98 bits per heavy atom. The number of halogens is 7. The van der Waals surface area contributed by atoms with Gasteiger partial charge in [0.1, 0.15) is 0 Å². The molecule has 3 aromatic carbocycles. The number of nitrogens with zero attached hydrogens (tertiary/aromatic N) is 3. The van der Waals surface area contributed by atoms with Crippen molar-refractivity contribution in [3.63, 3.8) is 0 Å². The first kappa shape index (κ1) is 37.7. The smallest absolute Gasteiger partial charge is 0.461 e. The highest BCUT2D eigenvalue weighted by Crippen LogP contribution is 2.42. The molecule has 0 radical (unpaired) electrons. The molecule has 0 fully saturated rings. The lowest BCUT2D eigenvalue weighted by Crippen LogP contribution is -2.49. The molecule has 18 heteroatoms. The third kappa shape index (κ3) is 7.57. The van der Waals surface area contributed by atoms with Gasteiger partial charge in [-0.1, -0.05) is 79.5 Å². The lowest BCUT2D eigenvalue weighted by molar-refractivity contribution is -0.0462. The van der Waals surface area contributed by atoms with Crippen LogP contribution in [0.1, 0.15) is 54.0 Å². The molecule has 0 N–H and O–H groups in total. The topological polar surface area (TPSA) is 116 Å². The third-order valence-electron chi connectivity index (χ3n) is 7.15. The number of anilines is 1. The second-order valence-electron chi connectivity index (χ2n) is 10.5. The van der Waals surface area contributed by atoms with E-state index in [-0.39, 0.29) is 24.3 Å². The van der Waals surface area contributed by atoms with Gasteiger partial charge in [0.05, 0.1) is 28.7 Å². The van der Waals surface area contributed by atoms with Crippen molar-refractivity contribution in [3.8, 4) is 16.8 Å². The number of esters is 1. The molecule has 0 spiro atoms. The molecule has 264 valence electrons. The number of unbranched alkanes of at least 4 members (excludes halogenated alkanes) is 1. The minimum Gasteiger partial charge on any atom is -0.461 e. The summed E-state index contributed by atoms with van der Waals surface area (Å²) >= 11 is 6.44. The van der Waals surface area contributed by atoms with Crippen LogP contribution in [0.5, 0.6) is 0 Å². The molecule has 49 heavy (non-hydrogen) atoms. The summed E-state index contributed by atoms with van der Waals surface area (Å²) in [4.78, 5) is 13.3. The predicted octanol–water partition coefficient (Wildman–Crippen LogP) is 7.81. The number of alkyl halides is 6. The summed E-state index contributed by atoms with van der Waals surface area (Å²) in [6.07, 6.45) is 2.05. The van der Waals surface area contributed by atoms with E-state index in [4.69, 9.17) is 16.3 Å². The number of ether oxygens (including phenoxy) is 1. The van der Waals surface area contributed by atoms with Crippen LogP contribution in [-0.4, -0.2) is 50.2 Å². The zero-order valence-electron chi connectivity index (χ0n) is 25.7. The van der Waals surface area contributed by atoms with Gasteiger partial charge in [-0.15, -0.1) is 3.71 Å². The Labute approximate surface area is 283 Å². The van der Waals surface area contributed by atoms with E-state index in [1.165, 1.54) is 35.0 Å². The maximum atomic E-state index is 13.6. The van der Waals surface area contributed by atoms with Crippen LogP contribution in [0, 0.1) is 0 Å². The van der Waals surface area contributed by atoms with Crippen LogP contribution in [0.3, 0.4) is 0 Å². The summed E-state index contributed by atoms with van der Waals surface area (Å²) in [5.74, 6) is -0.685. The number of benzene rings is 3. The van der Waals surface area contributed by atoms with Crippen molar-refractivity contribution >= 4 is 43.3 Å². The molecule has 0 aliphatic heterocycles. The number of aryl methyl sites for hydroxylation is 1. The summed E-state index contributed by atoms with van der Waals surface area (Å²) < 4.78 is 136. The molecule has 0 unspecified atom stereocenters. The van der Waals surface area contributed by atoms with Gasteiger partial charge < -0.3 is 4.74 Å². The van der Waals surface area contributed by atoms with E-state index in [1.807, 2.05) is 6.92 Å². The molecule has 1 aromatic heterocycles. The first-order valence-electron chi connectivity index (χ1n) is 14.5. The Kier molecular flexibility index (Phi) is 11.1. The molecular formula is C31H28ClF6N3O6S2. The van der Waals surface area contributed by atoms with Crippen LogP contribution in [0.25, 0.3) is 16.8 Å². The largest absolute Gasteiger partial charge is 0.517 e. The van der Waals surface area contributed by atoms with Crippen molar-refractivity contribution in [2.45, 2.75) is 50.5 Å². The minimum atomic E-state index is -7.10. The molecule has 0 amide bonds. The maximum absolute atomic E-state index is 13.6. The quantitative estimate of drug-likeness (QED) is 0.107. The van der Waals surface area contributed by atoms with Gasteiger partial charge in [-0.3, -0.25) is 0 Å². The normalized spacial score (nSPS) is 12.6. The number of para-hydroxylation sites is 2. The second-order valence-corrected chi connectivity index (χ2v) is 14.6. The van der Waals surface area contributed by atoms with Crippen molar-refractivity contribution in [2.24, 2.45) is 0 Å². The lowest BCUT2D eigenvalue weighted by atomic mass is 9.97. The highest BCUT2D eigenvalue weighted by atomic mass is 35.5. The Bertz CT molecular complexity index is 2000. The lowest BCUT2D eigenvalue weighted by Gasteiger charge is -2.27. The Morgan fingerprint density at radius 1 is 0.857 bits per heavy atom. The number of rotatable bonds is 12. The number of aromatic nitrogens is 2. The molecule has 0 saturated carbocycles.